The first-order valence-corrected chi connectivity index (χ1v) is 6.50. The van der Waals surface area contributed by atoms with Crippen LogP contribution in [0.3, 0.4) is 0 Å². The molecule has 8 nitrogen and oxygen atoms in total. The molecule has 0 aromatic carbocycles. The molecular weight excluding hydrogens is 264 g/mol. The molecular formula is C12H22N4O4. The van der Waals surface area contributed by atoms with Crippen molar-refractivity contribution in [3.8, 4) is 0 Å². The molecule has 0 aromatic rings. The van der Waals surface area contributed by atoms with E-state index in [1.165, 1.54) is 4.90 Å². The van der Waals surface area contributed by atoms with Gasteiger partial charge in [-0.05, 0) is 20.8 Å². The van der Waals surface area contributed by atoms with E-state index in [1.54, 1.807) is 20.8 Å². The molecule has 1 heterocycles. The summed E-state index contributed by atoms with van der Waals surface area (Å²) in [5.41, 5.74) is 4.38. The van der Waals surface area contributed by atoms with Crippen LogP contribution in [0.25, 0.3) is 0 Å². The van der Waals surface area contributed by atoms with Gasteiger partial charge in [-0.3, -0.25) is 9.59 Å². The number of carbonyl (C=O) groups excluding carboxylic acids is 2. The summed E-state index contributed by atoms with van der Waals surface area (Å²) in [6.45, 7) is 6.17. The van der Waals surface area contributed by atoms with E-state index < -0.39 is 11.5 Å². The Morgan fingerprint density at radius 1 is 1.55 bits per heavy atom. The third-order valence-corrected chi connectivity index (χ3v) is 3.33. The summed E-state index contributed by atoms with van der Waals surface area (Å²) < 4.78 is 5.26. The van der Waals surface area contributed by atoms with Gasteiger partial charge in [0.1, 0.15) is 11.5 Å². The smallest absolute Gasteiger partial charge is 0.245 e. The highest BCUT2D eigenvalue weighted by Crippen LogP contribution is 2.22. The number of nitrogens with one attached hydrogen (secondary N) is 1. The van der Waals surface area contributed by atoms with Gasteiger partial charge in [0.05, 0.1) is 13.2 Å². The fraction of sp³-hybridized carbons (Fsp3) is 0.750. The highest BCUT2D eigenvalue weighted by molar-refractivity contribution is 6.07. The average Bonchev–Trinajstić information content (AvgIpc) is 2.45. The maximum absolute atomic E-state index is 12.6. The van der Waals surface area contributed by atoms with Gasteiger partial charge in [0.2, 0.25) is 11.8 Å². The van der Waals surface area contributed by atoms with Crippen molar-refractivity contribution in [3.63, 3.8) is 0 Å². The summed E-state index contributed by atoms with van der Waals surface area (Å²) >= 11 is 0. The lowest BCUT2D eigenvalue weighted by atomic mass is 9.89. The van der Waals surface area contributed by atoms with E-state index in [1.807, 2.05) is 0 Å². The van der Waals surface area contributed by atoms with Gasteiger partial charge in [-0.25, -0.2) is 0 Å². The van der Waals surface area contributed by atoms with Crippen LogP contribution in [0.1, 0.15) is 20.8 Å². The minimum atomic E-state index is -1.18. The first-order valence-electron chi connectivity index (χ1n) is 6.50. The van der Waals surface area contributed by atoms with Crippen molar-refractivity contribution in [2.75, 3.05) is 26.3 Å². The molecule has 2 amide bonds. The van der Waals surface area contributed by atoms with Crippen molar-refractivity contribution in [2.45, 2.75) is 26.8 Å². The molecule has 4 N–H and O–H groups in total. The number of hydrogen-bond acceptors (Lipinski definition) is 5. The molecule has 1 unspecified atom stereocenters. The van der Waals surface area contributed by atoms with E-state index in [2.05, 4.69) is 10.5 Å². The quantitative estimate of drug-likeness (QED) is 0.268. The number of amidine groups is 1. The fourth-order valence-corrected chi connectivity index (χ4v) is 1.95. The Hall–Kier alpha value is -1.83. The average molecular weight is 286 g/mol. The Morgan fingerprint density at radius 3 is 2.75 bits per heavy atom. The highest BCUT2D eigenvalue weighted by atomic mass is 16.5. The van der Waals surface area contributed by atoms with Crippen molar-refractivity contribution in [1.29, 1.82) is 0 Å². The Balaban J connectivity index is 2.95. The Morgan fingerprint density at radius 2 is 2.20 bits per heavy atom. The van der Waals surface area contributed by atoms with E-state index in [-0.39, 0.29) is 24.3 Å². The van der Waals surface area contributed by atoms with Crippen molar-refractivity contribution < 1.29 is 19.5 Å². The van der Waals surface area contributed by atoms with Crippen molar-refractivity contribution in [3.05, 3.63) is 0 Å². The zero-order chi connectivity index (χ0) is 15.3. The highest BCUT2D eigenvalue weighted by Gasteiger charge is 2.42. The van der Waals surface area contributed by atoms with Crippen LogP contribution in [-0.4, -0.2) is 60.1 Å². The third kappa shape index (κ3) is 3.19. The SMILES string of the molecule is CCNC(=O)C1COCCN1C(=O)C(C)(C)C(N)=NO. The molecule has 8 heteroatoms. The van der Waals surface area contributed by atoms with E-state index in [0.717, 1.165) is 0 Å². The van der Waals surface area contributed by atoms with Crippen molar-refractivity contribution in [1.82, 2.24) is 10.2 Å². The van der Waals surface area contributed by atoms with Crippen LogP contribution < -0.4 is 11.1 Å². The number of carbonyl (C=O) groups is 2. The molecule has 1 saturated heterocycles. The predicted molar refractivity (Wildman–Crippen MR) is 72.2 cm³/mol. The second kappa shape index (κ2) is 6.56. The van der Waals surface area contributed by atoms with Gasteiger partial charge in [0.25, 0.3) is 0 Å². The van der Waals surface area contributed by atoms with Crippen LogP contribution in [0.5, 0.6) is 0 Å². The fourth-order valence-electron chi connectivity index (χ4n) is 1.95. The lowest BCUT2D eigenvalue weighted by Crippen LogP contribution is -2.60. The molecule has 0 spiro atoms. The standard InChI is InChI=1S/C12H22N4O4/c1-4-14-9(17)8-7-20-6-5-16(8)11(18)12(2,3)10(13)15-19/h8,19H,4-7H2,1-3H3,(H2,13,15)(H,14,17). The van der Waals surface area contributed by atoms with Crippen LogP contribution in [0.15, 0.2) is 5.16 Å². The molecule has 1 fully saturated rings. The molecule has 1 atom stereocenters. The maximum Gasteiger partial charge on any atom is 0.245 e. The second-order valence-corrected chi connectivity index (χ2v) is 5.09. The number of oxime groups is 1. The molecule has 114 valence electrons. The Kier molecular flexibility index (Phi) is 5.32. The van der Waals surface area contributed by atoms with Gasteiger partial charge in [-0.2, -0.15) is 0 Å². The number of likely N-dealkylation sites (N-methyl/N-ethyl adjacent to an activating group) is 1. The van der Waals surface area contributed by atoms with Crippen LogP contribution in [0.4, 0.5) is 0 Å². The molecule has 1 aliphatic rings. The van der Waals surface area contributed by atoms with Gasteiger partial charge in [0, 0.05) is 13.1 Å². The summed E-state index contributed by atoms with van der Waals surface area (Å²) in [5.74, 6) is -0.827. The zero-order valence-corrected chi connectivity index (χ0v) is 12.0. The van der Waals surface area contributed by atoms with E-state index >= 15 is 0 Å². The number of rotatable bonds is 4. The molecule has 0 aliphatic carbocycles. The molecule has 1 aliphatic heterocycles. The summed E-state index contributed by atoms with van der Waals surface area (Å²) in [7, 11) is 0. The number of hydrogen-bond donors (Lipinski definition) is 3. The summed E-state index contributed by atoms with van der Waals surface area (Å²) in [5, 5.41) is 14.3. The monoisotopic (exact) mass is 286 g/mol. The first kappa shape index (κ1) is 16.2. The second-order valence-electron chi connectivity index (χ2n) is 5.09. The summed E-state index contributed by atoms with van der Waals surface area (Å²) in [4.78, 5) is 26.0. The molecule has 0 radical (unpaired) electrons. The van der Waals surface area contributed by atoms with Gasteiger partial charge in [-0.1, -0.05) is 5.16 Å². The van der Waals surface area contributed by atoms with Crippen LogP contribution in [0.2, 0.25) is 0 Å². The number of ether oxygens (including phenoxy) is 1. The summed E-state index contributed by atoms with van der Waals surface area (Å²) in [6.07, 6.45) is 0. The number of amides is 2. The van der Waals surface area contributed by atoms with Crippen molar-refractivity contribution in [2.24, 2.45) is 16.3 Å². The van der Waals surface area contributed by atoms with Crippen molar-refractivity contribution >= 4 is 17.6 Å². The Labute approximate surface area is 117 Å². The minimum absolute atomic E-state index is 0.143. The minimum Gasteiger partial charge on any atom is -0.409 e. The van der Waals surface area contributed by atoms with Gasteiger partial charge in [0.15, 0.2) is 5.84 Å². The largest absolute Gasteiger partial charge is 0.409 e. The number of nitrogens with two attached hydrogens (primary N) is 1. The summed E-state index contributed by atoms with van der Waals surface area (Å²) in [6, 6.07) is -0.693. The normalized spacial score (nSPS) is 20.6. The lowest BCUT2D eigenvalue weighted by Gasteiger charge is -2.38. The van der Waals surface area contributed by atoms with E-state index in [0.29, 0.717) is 19.7 Å². The maximum atomic E-state index is 12.6. The zero-order valence-electron chi connectivity index (χ0n) is 12.0. The molecule has 20 heavy (non-hydrogen) atoms. The first-order chi connectivity index (χ1) is 9.36. The lowest BCUT2D eigenvalue weighted by molar-refractivity contribution is -0.152. The van der Waals surface area contributed by atoms with Crippen LogP contribution >= 0.6 is 0 Å². The topological polar surface area (TPSA) is 117 Å². The number of nitrogens with zero attached hydrogens (tertiary/aromatic N) is 2. The van der Waals surface area contributed by atoms with Gasteiger partial charge < -0.3 is 25.9 Å². The molecule has 0 bridgehead atoms. The third-order valence-electron chi connectivity index (χ3n) is 3.33. The van der Waals surface area contributed by atoms with E-state index in [4.69, 9.17) is 15.7 Å². The van der Waals surface area contributed by atoms with Gasteiger partial charge >= 0.3 is 0 Å². The molecule has 1 rings (SSSR count). The van der Waals surface area contributed by atoms with Crippen LogP contribution in [0, 0.1) is 5.41 Å². The van der Waals surface area contributed by atoms with E-state index in [9.17, 15) is 9.59 Å². The number of morpholine rings is 1. The Bertz CT molecular complexity index is 408. The van der Waals surface area contributed by atoms with Crippen LogP contribution in [-0.2, 0) is 14.3 Å². The molecule has 0 aromatic heterocycles. The van der Waals surface area contributed by atoms with Gasteiger partial charge in [-0.15, -0.1) is 0 Å². The molecule has 0 saturated carbocycles. The predicted octanol–water partition coefficient (Wildman–Crippen LogP) is -0.877.